The van der Waals surface area contributed by atoms with E-state index in [0.717, 1.165) is 5.56 Å². The molecule has 0 aromatic heterocycles. The van der Waals surface area contributed by atoms with Crippen LogP contribution in [0.4, 0.5) is 4.79 Å². The number of halogens is 2. The molecule has 1 aromatic carbocycles. The van der Waals surface area contributed by atoms with Crippen LogP contribution in [0.25, 0.3) is 0 Å². The molecule has 1 aliphatic rings. The Hall–Kier alpha value is -2.03. The molecule has 0 spiro atoms. The van der Waals surface area contributed by atoms with Gasteiger partial charge in [0.25, 0.3) is 5.91 Å². The summed E-state index contributed by atoms with van der Waals surface area (Å²) in [5.74, 6) is -1.34. The monoisotopic (exact) mass is 502 g/mol. The molecular formula is C23H32Cl2N2O6. The Morgan fingerprint density at radius 2 is 1.79 bits per heavy atom. The lowest BCUT2D eigenvalue weighted by Crippen LogP contribution is -2.48. The number of nitrogens with one attached hydrogen (secondary N) is 1. The molecule has 0 radical (unpaired) electrons. The van der Waals surface area contributed by atoms with Crippen molar-refractivity contribution in [1.29, 1.82) is 0 Å². The van der Waals surface area contributed by atoms with E-state index in [-0.39, 0.29) is 19.1 Å². The van der Waals surface area contributed by atoms with Gasteiger partial charge in [-0.15, -0.1) is 0 Å². The Kier molecular flexibility index (Phi) is 9.01. The number of esters is 1. The highest BCUT2D eigenvalue weighted by atomic mass is 35.5. The van der Waals surface area contributed by atoms with Crippen molar-refractivity contribution >= 4 is 41.2 Å². The van der Waals surface area contributed by atoms with Gasteiger partial charge >= 0.3 is 12.1 Å². The number of hydrogen-bond donors (Lipinski definition) is 1. The summed E-state index contributed by atoms with van der Waals surface area (Å²) in [4.78, 5) is 38.3. The second-order valence-corrected chi connectivity index (χ2v) is 10.2. The van der Waals surface area contributed by atoms with E-state index in [4.69, 9.17) is 37.4 Å². The highest BCUT2D eigenvalue weighted by molar-refractivity contribution is 6.42. The number of ether oxygens (including phenoxy) is 3. The van der Waals surface area contributed by atoms with Gasteiger partial charge in [0.2, 0.25) is 0 Å². The molecule has 0 saturated carbocycles. The van der Waals surface area contributed by atoms with Crippen LogP contribution in [0.3, 0.4) is 0 Å². The van der Waals surface area contributed by atoms with Crippen LogP contribution >= 0.6 is 23.2 Å². The van der Waals surface area contributed by atoms with Crippen molar-refractivity contribution < 1.29 is 28.6 Å². The molecule has 184 valence electrons. The standard InChI is InChI=1S/C23H32Cl2N2O6/c1-14(28)32-23(5,6)20(29)26-12-19-16(15-7-8-17(24)18(25)11-15)13-27(9-10-31-19)21(30)33-22(2,3)4/h7-8,11,16,19H,9-10,12-13H2,1-6H3,(H,26,29). The average molecular weight is 503 g/mol. The second kappa shape index (κ2) is 10.9. The first-order chi connectivity index (χ1) is 15.2. The van der Waals surface area contributed by atoms with E-state index in [0.29, 0.717) is 23.1 Å². The highest BCUT2D eigenvalue weighted by Gasteiger charge is 2.36. The number of amides is 2. The molecule has 2 unspecified atom stereocenters. The maximum Gasteiger partial charge on any atom is 0.410 e. The van der Waals surface area contributed by atoms with Crippen molar-refractivity contribution in [2.45, 2.75) is 64.8 Å². The normalized spacial score (nSPS) is 19.5. The first-order valence-corrected chi connectivity index (χ1v) is 11.5. The predicted molar refractivity (Wildman–Crippen MR) is 126 cm³/mol. The zero-order valence-electron chi connectivity index (χ0n) is 19.9. The molecule has 8 nitrogen and oxygen atoms in total. The minimum atomic E-state index is -1.34. The summed E-state index contributed by atoms with van der Waals surface area (Å²) in [5, 5.41) is 3.58. The van der Waals surface area contributed by atoms with Gasteiger partial charge in [-0.3, -0.25) is 9.59 Å². The van der Waals surface area contributed by atoms with E-state index in [1.807, 2.05) is 6.07 Å². The molecule has 1 heterocycles. The van der Waals surface area contributed by atoms with Crippen LogP contribution in [0.1, 0.15) is 53.0 Å². The molecule has 1 aliphatic heterocycles. The summed E-state index contributed by atoms with van der Waals surface area (Å²) >= 11 is 12.3. The molecule has 2 amide bonds. The van der Waals surface area contributed by atoms with Gasteiger partial charge in [-0.2, -0.15) is 0 Å². The van der Waals surface area contributed by atoms with Gasteiger partial charge in [0.15, 0.2) is 5.60 Å². The van der Waals surface area contributed by atoms with Crippen molar-refractivity contribution in [1.82, 2.24) is 10.2 Å². The fraction of sp³-hybridized carbons (Fsp3) is 0.609. The van der Waals surface area contributed by atoms with Crippen molar-refractivity contribution in [3.05, 3.63) is 33.8 Å². The quantitative estimate of drug-likeness (QED) is 0.607. The van der Waals surface area contributed by atoms with Gasteiger partial charge in [-0.05, 0) is 52.3 Å². The van der Waals surface area contributed by atoms with E-state index < -0.39 is 35.3 Å². The van der Waals surface area contributed by atoms with Crippen molar-refractivity contribution in [2.24, 2.45) is 0 Å². The minimum absolute atomic E-state index is 0.136. The Morgan fingerprint density at radius 1 is 1.12 bits per heavy atom. The van der Waals surface area contributed by atoms with E-state index in [1.54, 1.807) is 37.8 Å². The van der Waals surface area contributed by atoms with Gasteiger partial charge in [0.05, 0.1) is 22.8 Å². The minimum Gasteiger partial charge on any atom is -0.450 e. The zero-order valence-corrected chi connectivity index (χ0v) is 21.4. The fourth-order valence-corrected chi connectivity index (χ4v) is 3.75. The lowest BCUT2D eigenvalue weighted by Gasteiger charge is -2.31. The fourth-order valence-electron chi connectivity index (χ4n) is 3.45. The van der Waals surface area contributed by atoms with Crippen molar-refractivity contribution in [3.63, 3.8) is 0 Å². The Labute approximate surface area is 204 Å². The van der Waals surface area contributed by atoms with E-state index in [1.165, 1.54) is 20.8 Å². The van der Waals surface area contributed by atoms with Gasteiger partial charge in [-0.25, -0.2) is 4.79 Å². The number of rotatable bonds is 5. The molecule has 33 heavy (non-hydrogen) atoms. The van der Waals surface area contributed by atoms with Crippen LogP contribution in [0.5, 0.6) is 0 Å². The van der Waals surface area contributed by atoms with E-state index in [9.17, 15) is 14.4 Å². The van der Waals surface area contributed by atoms with E-state index in [2.05, 4.69) is 5.32 Å². The molecule has 2 rings (SSSR count). The third-order valence-corrected chi connectivity index (χ3v) is 5.73. The number of nitrogens with zero attached hydrogens (tertiary/aromatic N) is 1. The molecule has 1 N–H and O–H groups in total. The first-order valence-electron chi connectivity index (χ1n) is 10.7. The van der Waals surface area contributed by atoms with E-state index >= 15 is 0 Å². The molecule has 1 saturated heterocycles. The number of hydrogen-bond acceptors (Lipinski definition) is 6. The topological polar surface area (TPSA) is 94.2 Å². The summed E-state index contributed by atoms with van der Waals surface area (Å²) in [6.45, 7) is 10.7. The molecular weight excluding hydrogens is 471 g/mol. The number of benzene rings is 1. The summed E-state index contributed by atoms with van der Waals surface area (Å²) in [7, 11) is 0. The summed E-state index contributed by atoms with van der Waals surface area (Å²) < 4.78 is 16.7. The average Bonchev–Trinajstić information content (AvgIpc) is 2.88. The Balaban J connectivity index is 2.26. The van der Waals surface area contributed by atoms with Crippen LogP contribution in [0.15, 0.2) is 18.2 Å². The van der Waals surface area contributed by atoms with Gasteiger partial charge < -0.3 is 24.4 Å². The highest BCUT2D eigenvalue weighted by Crippen LogP contribution is 2.31. The second-order valence-electron chi connectivity index (χ2n) is 9.43. The SMILES string of the molecule is CC(=O)OC(C)(C)C(=O)NCC1OCCN(C(=O)OC(C)(C)C)CC1c1ccc(Cl)c(Cl)c1. The number of carbonyl (C=O) groups is 3. The summed E-state index contributed by atoms with van der Waals surface area (Å²) in [6, 6.07) is 5.23. The molecule has 2 atom stereocenters. The van der Waals surface area contributed by atoms with Crippen LogP contribution in [0, 0.1) is 0 Å². The zero-order chi connectivity index (χ0) is 25.0. The lowest BCUT2D eigenvalue weighted by molar-refractivity contribution is -0.163. The third-order valence-electron chi connectivity index (χ3n) is 4.99. The van der Waals surface area contributed by atoms with Crippen LogP contribution in [-0.4, -0.2) is 66.4 Å². The molecule has 10 heteroatoms. The van der Waals surface area contributed by atoms with Gasteiger partial charge in [0.1, 0.15) is 5.60 Å². The lowest BCUT2D eigenvalue weighted by atomic mass is 9.92. The maximum atomic E-state index is 12.8. The number of carbonyl (C=O) groups excluding carboxylic acids is 3. The molecule has 0 aliphatic carbocycles. The van der Waals surface area contributed by atoms with Crippen LogP contribution in [-0.2, 0) is 23.8 Å². The molecule has 1 fully saturated rings. The first kappa shape index (κ1) is 27.2. The van der Waals surface area contributed by atoms with Crippen LogP contribution in [0.2, 0.25) is 10.0 Å². The van der Waals surface area contributed by atoms with Gasteiger partial charge in [-0.1, -0.05) is 29.3 Å². The summed E-state index contributed by atoms with van der Waals surface area (Å²) in [6.07, 6.45) is -0.927. The van der Waals surface area contributed by atoms with Crippen molar-refractivity contribution in [3.8, 4) is 0 Å². The molecule has 1 aromatic rings. The Bertz CT molecular complexity index is 884. The maximum absolute atomic E-state index is 12.8. The van der Waals surface area contributed by atoms with Gasteiger partial charge in [0, 0.05) is 32.5 Å². The van der Waals surface area contributed by atoms with Crippen LogP contribution < -0.4 is 5.32 Å². The summed E-state index contributed by atoms with van der Waals surface area (Å²) in [5.41, 5.74) is -1.17. The Morgan fingerprint density at radius 3 is 2.36 bits per heavy atom. The smallest absolute Gasteiger partial charge is 0.410 e. The predicted octanol–water partition coefficient (Wildman–Crippen LogP) is 4.17. The van der Waals surface area contributed by atoms with Crippen molar-refractivity contribution in [2.75, 3.05) is 26.2 Å². The molecule has 0 bridgehead atoms. The largest absolute Gasteiger partial charge is 0.450 e. The third kappa shape index (κ3) is 8.05.